The molecule has 0 bridgehead atoms. The van der Waals surface area contributed by atoms with E-state index in [1.54, 1.807) is 0 Å². The maximum Gasteiger partial charge on any atom is 3.00 e. The second-order valence-corrected chi connectivity index (χ2v) is 0. The van der Waals surface area contributed by atoms with E-state index in [0.29, 0.717) is 0 Å². The molecule has 0 aromatic carbocycles. The maximum absolute atomic E-state index is 0. The van der Waals surface area contributed by atoms with Crippen LogP contribution in [-0.4, -0.2) is 0 Å². The summed E-state index contributed by atoms with van der Waals surface area (Å²) in [5.74, 6) is 0. The Bertz CT molecular complexity index is 12.9. The van der Waals surface area contributed by atoms with Crippen molar-refractivity contribution in [2.75, 3.05) is 0 Å². The molecule has 0 N–H and O–H groups in total. The van der Waals surface area contributed by atoms with Gasteiger partial charge in [-0.05, 0) is 0 Å². The third kappa shape index (κ3) is 78.0. The third-order valence-electron chi connectivity index (χ3n) is 0. The van der Waals surface area contributed by atoms with E-state index in [1.807, 2.05) is 0 Å². The van der Waals surface area contributed by atoms with Crippen LogP contribution in [0.25, 0.3) is 0 Å². The van der Waals surface area contributed by atoms with Crippen LogP contribution >= 0.6 is 0 Å². The van der Waals surface area contributed by atoms with Crippen LogP contribution in [0.5, 0.6) is 0 Å². The zero-order chi connectivity index (χ0) is 0. The van der Waals surface area contributed by atoms with E-state index in [4.69, 9.17) is 0 Å². The largest absolute Gasteiger partial charge is 3.00 e. The van der Waals surface area contributed by atoms with Gasteiger partial charge in [-0.1, -0.05) is 0 Å². The average molecular weight is 399 g/mol. The molecule has 9 heavy (non-hydrogen) atoms. The molecule has 0 rings (SSSR count). The molecule has 0 saturated heterocycles. The summed E-state index contributed by atoms with van der Waals surface area (Å²) >= 11 is 0. The maximum atomic E-state index is 0. The molecule has 0 fully saturated rings. The summed E-state index contributed by atoms with van der Waals surface area (Å²) in [6.45, 7) is 0. The fourth-order valence-electron chi connectivity index (χ4n) is 0. The first-order valence-electron chi connectivity index (χ1n) is 0. The van der Waals surface area contributed by atoms with Crippen LogP contribution in [0.2, 0.25) is 0 Å². The van der Waals surface area contributed by atoms with Gasteiger partial charge in [0.1, 0.15) is 0 Å². The standard InChI is InChI=1S/2Cu.2Fe.5S/q2*+2;2*+3;5*-2. The van der Waals surface area contributed by atoms with Gasteiger partial charge in [-0.2, -0.15) is 0 Å². The molecule has 0 aliphatic rings. The molecule has 0 aromatic rings. The van der Waals surface area contributed by atoms with Crippen molar-refractivity contribution in [3.63, 3.8) is 0 Å². The molecule has 0 aliphatic heterocycles. The van der Waals surface area contributed by atoms with Gasteiger partial charge in [0.15, 0.2) is 0 Å². The Kier molecular flexibility index (Phi) is 1290. The van der Waals surface area contributed by atoms with Crippen molar-refractivity contribution in [1.29, 1.82) is 0 Å². The summed E-state index contributed by atoms with van der Waals surface area (Å²) in [7, 11) is 0. The minimum atomic E-state index is 0. The molecular weight excluding hydrogens is 399 g/mol. The van der Waals surface area contributed by atoms with Crippen LogP contribution in [0.15, 0.2) is 0 Å². The second-order valence-electron chi connectivity index (χ2n) is 0. The van der Waals surface area contributed by atoms with Crippen LogP contribution < -0.4 is 0 Å². The van der Waals surface area contributed by atoms with Gasteiger partial charge in [-0.25, -0.2) is 0 Å². The van der Waals surface area contributed by atoms with Crippen LogP contribution in [0, 0.1) is 0 Å². The molecule has 0 atom stereocenters. The predicted molar refractivity (Wildman–Crippen MR) is 36.8 cm³/mol. The summed E-state index contributed by atoms with van der Waals surface area (Å²) < 4.78 is 0. The van der Waals surface area contributed by atoms with Crippen molar-refractivity contribution in [2.24, 2.45) is 0 Å². The van der Waals surface area contributed by atoms with Crippen molar-refractivity contribution in [2.45, 2.75) is 0 Å². The molecule has 0 aliphatic carbocycles. The summed E-state index contributed by atoms with van der Waals surface area (Å²) in [4.78, 5) is 0. The zero-order valence-electron chi connectivity index (χ0n) is 3.35. The van der Waals surface area contributed by atoms with E-state index in [0.717, 1.165) is 0 Å². The smallest absolute Gasteiger partial charge is 2.00 e. The van der Waals surface area contributed by atoms with Crippen LogP contribution in [0.1, 0.15) is 0 Å². The van der Waals surface area contributed by atoms with Gasteiger partial charge < -0.3 is 67.5 Å². The van der Waals surface area contributed by atoms with Crippen molar-refractivity contribution in [3.05, 3.63) is 0 Å². The van der Waals surface area contributed by atoms with Crippen molar-refractivity contribution < 1.29 is 68.3 Å². The SMILES string of the molecule is [Cu+2].[Cu+2].[Fe+3].[Fe+3].[S-2].[S-2].[S-2].[S-2].[S-2]. The topological polar surface area (TPSA) is 0 Å². The fourth-order valence-corrected chi connectivity index (χ4v) is 0. The molecule has 0 saturated carbocycles. The molecule has 0 spiro atoms. The van der Waals surface area contributed by atoms with Gasteiger partial charge in [0.25, 0.3) is 0 Å². The Hall–Kier alpha value is 3.83. The summed E-state index contributed by atoms with van der Waals surface area (Å²) in [6.07, 6.45) is 0. The number of rotatable bonds is 0. The van der Waals surface area contributed by atoms with Gasteiger partial charge in [0.05, 0.1) is 0 Å². The fraction of sp³-hybridized carbons (Fsp3) is 0. The Balaban J connectivity index is 0. The van der Waals surface area contributed by atoms with Crippen LogP contribution in [0.4, 0.5) is 0 Å². The van der Waals surface area contributed by atoms with Crippen LogP contribution in [-0.2, 0) is 136 Å². The van der Waals surface area contributed by atoms with E-state index in [2.05, 4.69) is 0 Å². The second kappa shape index (κ2) is 94.6. The average Bonchev–Trinajstić information content (AvgIpc) is 0. The summed E-state index contributed by atoms with van der Waals surface area (Å²) in [5, 5.41) is 0. The van der Waals surface area contributed by atoms with Crippen molar-refractivity contribution >= 4 is 67.5 Å². The van der Waals surface area contributed by atoms with Gasteiger partial charge in [0, 0.05) is 0 Å². The van der Waals surface area contributed by atoms with E-state index in [1.165, 1.54) is 0 Å². The summed E-state index contributed by atoms with van der Waals surface area (Å²) in [6, 6.07) is 0. The Morgan fingerprint density at radius 3 is 0.333 bits per heavy atom. The monoisotopic (exact) mass is 398 g/mol. The van der Waals surface area contributed by atoms with E-state index < -0.39 is 0 Å². The molecule has 4 radical (unpaired) electrons. The molecule has 0 aromatic heterocycles. The molecule has 0 nitrogen and oxygen atoms in total. The molecular formula is Cu2Fe2S5. The normalized spacial score (nSPS) is 0. The Morgan fingerprint density at radius 2 is 0.333 bits per heavy atom. The Labute approximate surface area is 134 Å². The molecule has 9 heteroatoms. The minimum absolute atomic E-state index is 0. The molecule has 68 valence electrons. The van der Waals surface area contributed by atoms with E-state index in [-0.39, 0.29) is 136 Å². The Morgan fingerprint density at radius 1 is 0.333 bits per heavy atom. The molecule has 0 heterocycles. The van der Waals surface area contributed by atoms with Gasteiger partial charge in [-0.3, -0.25) is 0 Å². The van der Waals surface area contributed by atoms with Crippen molar-refractivity contribution in [3.8, 4) is 0 Å². The molecule has 0 unspecified atom stereocenters. The third-order valence-corrected chi connectivity index (χ3v) is 0. The quantitative estimate of drug-likeness (QED) is 0.503. The number of hydrogen-bond acceptors (Lipinski definition) is 0. The minimum Gasteiger partial charge on any atom is -2.00 e. The van der Waals surface area contributed by atoms with Crippen LogP contribution in [0.3, 0.4) is 0 Å². The van der Waals surface area contributed by atoms with E-state index >= 15 is 0 Å². The van der Waals surface area contributed by atoms with Crippen molar-refractivity contribution in [1.82, 2.24) is 0 Å². The van der Waals surface area contributed by atoms with Gasteiger partial charge in [-0.15, -0.1) is 0 Å². The zero-order valence-corrected chi connectivity index (χ0v) is 11.5. The first kappa shape index (κ1) is 122. The van der Waals surface area contributed by atoms with E-state index in [9.17, 15) is 0 Å². The first-order valence-corrected chi connectivity index (χ1v) is 0. The molecule has 0 amide bonds. The predicted octanol–water partition coefficient (Wildman–Crippen LogP) is -0.0220. The van der Waals surface area contributed by atoms with Gasteiger partial charge in [0.2, 0.25) is 0 Å². The summed E-state index contributed by atoms with van der Waals surface area (Å²) in [5.41, 5.74) is 0. The van der Waals surface area contributed by atoms with Gasteiger partial charge >= 0.3 is 68.3 Å². The first-order chi connectivity index (χ1) is 0. The number of hydrogen-bond donors (Lipinski definition) is 0.